The summed E-state index contributed by atoms with van der Waals surface area (Å²) < 4.78 is 5.96. The molecule has 0 radical (unpaired) electrons. The first-order valence-electron chi connectivity index (χ1n) is 7.94. The quantitative estimate of drug-likeness (QED) is 0.442. The highest BCUT2D eigenvalue weighted by molar-refractivity contribution is 9.10. The number of hydrogen-bond acceptors (Lipinski definition) is 2. The van der Waals surface area contributed by atoms with Crippen LogP contribution >= 0.6 is 15.9 Å². The van der Waals surface area contributed by atoms with Crippen molar-refractivity contribution in [3.63, 3.8) is 0 Å². The third-order valence-corrected chi connectivity index (χ3v) is 6.55. The molecule has 4 saturated carbocycles. The Bertz CT molecular complexity index is 581. The number of hydrogen-bond donors (Lipinski definition) is 0. The van der Waals surface area contributed by atoms with Crippen molar-refractivity contribution in [1.29, 1.82) is 0 Å². The van der Waals surface area contributed by atoms with E-state index in [2.05, 4.69) is 15.9 Å². The van der Waals surface area contributed by atoms with E-state index in [0.29, 0.717) is 17.6 Å². The monoisotopic (exact) mass is 348 g/mol. The predicted octanol–water partition coefficient (Wildman–Crippen LogP) is 4.63. The molecular weight excluding hydrogens is 328 g/mol. The summed E-state index contributed by atoms with van der Waals surface area (Å²) in [6.07, 6.45) is 6.80. The number of benzene rings is 1. The third kappa shape index (κ3) is 2.34. The third-order valence-electron chi connectivity index (χ3n) is 5.62. The first-order chi connectivity index (χ1) is 9.96. The van der Waals surface area contributed by atoms with E-state index in [9.17, 15) is 4.79 Å². The lowest BCUT2D eigenvalue weighted by molar-refractivity contribution is -0.159. The normalized spacial score (nSPS) is 40.3. The molecule has 0 saturated heterocycles. The van der Waals surface area contributed by atoms with Gasteiger partial charge in [-0.3, -0.25) is 4.79 Å². The van der Waals surface area contributed by atoms with Crippen molar-refractivity contribution < 1.29 is 9.53 Å². The van der Waals surface area contributed by atoms with Crippen molar-refractivity contribution >= 4 is 21.9 Å². The van der Waals surface area contributed by atoms with Crippen LogP contribution in [0.3, 0.4) is 0 Å². The van der Waals surface area contributed by atoms with Crippen molar-refractivity contribution in [1.82, 2.24) is 0 Å². The minimum absolute atomic E-state index is 0.00558. The molecule has 21 heavy (non-hydrogen) atoms. The largest absolute Gasteiger partial charge is 0.426 e. The molecule has 1 aromatic carbocycles. The van der Waals surface area contributed by atoms with E-state index in [1.807, 2.05) is 31.2 Å². The molecule has 4 bridgehead atoms. The van der Waals surface area contributed by atoms with Gasteiger partial charge in [-0.25, -0.2) is 0 Å². The molecule has 112 valence electrons. The van der Waals surface area contributed by atoms with E-state index in [-0.39, 0.29) is 15.7 Å². The number of aryl methyl sites for hydroxylation is 1. The number of ether oxygens (including phenoxy) is 1. The zero-order valence-electron chi connectivity index (χ0n) is 12.4. The summed E-state index contributed by atoms with van der Waals surface area (Å²) in [5.74, 6) is 2.11. The van der Waals surface area contributed by atoms with Crippen LogP contribution in [-0.4, -0.2) is 10.3 Å². The second-order valence-corrected chi connectivity index (χ2v) is 9.28. The van der Waals surface area contributed by atoms with Gasteiger partial charge in [0.15, 0.2) is 0 Å². The molecule has 2 unspecified atom stereocenters. The summed E-state index contributed by atoms with van der Waals surface area (Å²) in [6, 6.07) is 7.80. The van der Waals surface area contributed by atoms with Gasteiger partial charge in [-0.2, -0.15) is 0 Å². The van der Waals surface area contributed by atoms with E-state index >= 15 is 0 Å². The number of carbonyl (C=O) groups is 1. The summed E-state index contributed by atoms with van der Waals surface area (Å²) in [6.45, 7) is 2.02. The SMILES string of the molecule is Cc1cccc(OC(=O)C23C[C@@H]4C[C@@H](CC(Br)(C4)C2)C3)c1. The molecule has 4 fully saturated rings. The van der Waals surface area contributed by atoms with Gasteiger partial charge in [0, 0.05) is 4.32 Å². The van der Waals surface area contributed by atoms with Gasteiger partial charge in [-0.05, 0) is 75.0 Å². The van der Waals surface area contributed by atoms with E-state index in [0.717, 1.165) is 24.8 Å². The van der Waals surface area contributed by atoms with Crippen molar-refractivity contribution in [2.24, 2.45) is 17.3 Å². The van der Waals surface area contributed by atoms with Gasteiger partial charge in [-0.1, -0.05) is 28.1 Å². The molecule has 4 aliphatic carbocycles. The zero-order valence-corrected chi connectivity index (χ0v) is 14.0. The smallest absolute Gasteiger partial charge is 0.317 e. The Morgan fingerprint density at radius 1 is 1.24 bits per heavy atom. The first kappa shape index (κ1) is 13.8. The highest BCUT2D eigenvalue weighted by Gasteiger charge is 2.60. The average molecular weight is 349 g/mol. The van der Waals surface area contributed by atoms with Crippen LogP contribution in [0.2, 0.25) is 0 Å². The maximum absolute atomic E-state index is 12.9. The lowest BCUT2D eigenvalue weighted by Gasteiger charge is -2.58. The Morgan fingerprint density at radius 3 is 2.57 bits per heavy atom. The molecule has 3 heteroatoms. The highest BCUT2D eigenvalue weighted by Crippen LogP contribution is 2.64. The fraction of sp³-hybridized carbons (Fsp3) is 0.611. The Kier molecular flexibility index (Phi) is 3.01. The summed E-state index contributed by atoms with van der Waals surface area (Å²) in [5, 5.41) is 0. The molecule has 4 aliphatic rings. The highest BCUT2D eigenvalue weighted by atomic mass is 79.9. The Hall–Kier alpha value is -0.830. The summed E-state index contributed by atoms with van der Waals surface area (Å²) in [5.41, 5.74) is 0.889. The molecule has 2 nitrogen and oxygen atoms in total. The average Bonchev–Trinajstić information content (AvgIpc) is 2.35. The first-order valence-corrected chi connectivity index (χ1v) is 8.74. The fourth-order valence-corrected chi connectivity index (χ4v) is 6.74. The topological polar surface area (TPSA) is 26.3 Å². The predicted molar refractivity (Wildman–Crippen MR) is 85.6 cm³/mol. The summed E-state index contributed by atoms with van der Waals surface area (Å²) in [4.78, 5) is 12.9. The number of carbonyl (C=O) groups excluding carboxylic acids is 1. The van der Waals surface area contributed by atoms with Crippen LogP contribution in [0.5, 0.6) is 5.75 Å². The fourth-order valence-electron chi connectivity index (χ4n) is 5.28. The zero-order chi connectivity index (χ0) is 14.7. The molecule has 1 aromatic rings. The van der Waals surface area contributed by atoms with Crippen LogP contribution in [0.4, 0.5) is 0 Å². The second kappa shape index (κ2) is 4.58. The standard InChI is InChI=1S/C18H21BrO2/c1-12-3-2-4-15(5-12)21-16(20)17-7-13-6-14(8-17)10-18(19,9-13)11-17/h2-5,13-14H,6-11H2,1H3/t13-,14+,17?,18?. The van der Waals surface area contributed by atoms with Crippen LogP contribution < -0.4 is 4.74 Å². The van der Waals surface area contributed by atoms with E-state index in [1.165, 1.54) is 19.3 Å². The molecule has 0 amide bonds. The maximum Gasteiger partial charge on any atom is 0.317 e. The lowest BCUT2D eigenvalue weighted by atomic mass is 9.49. The molecule has 5 rings (SSSR count). The van der Waals surface area contributed by atoms with E-state index < -0.39 is 0 Å². The van der Waals surface area contributed by atoms with Gasteiger partial charge in [0.05, 0.1) is 5.41 Å². The lowest BCUT2D eigenvalue weighted by Crippen LogP contribution is -2.56. The molecule has 0 aromatic heterocycles. The van der Waals surface area contributed by atoms with Crippen molar-refractivity contribution in [3.05, 3.63) is 29.8 Å². The van der Waals surface area contributed by atoms with Crippen LogP contribution in [-0.2, 0) is 4.79 Å². The van der Waals surface area contributed by atoms with E-state index in [1.54, 1.807) is 0 Å². The summed E-state index contributed by atoms with van der Waals surface area (Å²) >= 11 is 3.95. The molecule has 4 atom stereocenters. The van der Waals surface area contributed by atoms with E-state index in [4.69, 9.17) is 4.74 Å². The van der Waals surface area contributed by atoms with Crippen LogP contribution in [0.15, 0.2) is 24.3 Å². The summed E-state index contributed by atoms with van der Waals surface area (Å²) in [7, 11) is 0. The Morgan fingerprint density at radius 2 is 1.95 bits per heavy atom. The van der Waals surface area contributed by atoms with Crippen LogP contribution in [0.25, 0.3) is 0 Å². The minimum Gasteiger partial charge on any atom is -0.426 e. The number of halogens is 1. The minimum atomic E-state index is -0.239. The van der Waals surface area contributed by atoms with Crippen LogP contribution in [0, 0.1) is 24.2 Å². The van der Waals surface area contributed by atoms with Gasteiger partial charge < -0.3 is 4.74 Å². The Labute approximate surface area is 134 Å². The van der Waals surface area contributed by atoms with Gasteiger partial charge in [0.1, 0.15) is 5.75 Å². The van der Waals surface area contributed by atoms with Crippen molar-refractivity contribution in [3.8, 4) is 5.75 Å². The van der Waals surface area contributed by atoms with Gasteiger partial charge >= 0.3 is 5.97 Å². The number of rotatable bonds is 2. The van der Waals surface area contributed by atoms with Gasteiger partial charge in [0.25, 0.3) is 0 Å². The molecule has 0 spiro atoms. The number of alkyl halides is 1. The number of esters is 1. The molecule has 0 heterocycles. The second-order valence-electron chi connectivity index (χ2n) is 7.60. The Balaban J connectivity index is 1.59. The van der Waals surface area contributed by atoms with Gasteiger partial charge in [-0.15, -0.1) is 0 Å². The van der Waals surface area contributed by atoms with Crippen molar-refractivity contribution in [2.75, 3.05) is 0 Å². The molecular formula is C18H21BrO2. The van der Waals surface area contributed by atoms with Crippen LogP contribution in [0.1, 0.15) is 44.1 Å². The van der Waals surface area contributed by atoms with Gasteiger partial charge in [0.2, 0.25) is 0 Å². The maximum atomic E-state index is 12.9. The molecule has 0 N–H and O–H groups in total. The molecule has 0 aliphatic heterocycles. The van der Waals surface area contributed by atoms with Crippen molar-refractivity contribution in [2.45, 2.75) is 49.8 Å².